The van der Waals surface area contributed by atoms with Gasteiger partial charge in [0.25, 0.3) is 0 Å². The van der Waals surface area contributed by atoms with Crippen molar-refractivity contribution in [3.8, 4) is 11.5 Å². The zero-order chi connectivity index (χ0) is 24.2. The van der Waals surface area contributed by atoms with Crippen LogP contribution in [0.2, 0.25) is 0 Å². The Hall–Kier alpha value is -3.74. The lowest BCUT2D eigenvalue weighted by Gasteiger charge is -2.49. The second-order valence-corrected chi connectivity index (χ2v) is 9.07. The summed E-state index contributed by atoms with van der Waals surface area (Å²) >= 11 is 0. The zero-order valence-electron chi connectivity index (χ0n) is 20.3. The van der Waals surface area contributed by atoms with Gasteiger partial charge in [-0.15, -0.1) is 0 Å². The number of anilines is 2. The third-order valence-electron chi connectivity index (χ3n) is 7.11. The summed E-state index contributed by atoms with van der Waals surface area (Å²) in [7, 11) is 3.38. The van der Waals surface area contributed by atoms with E-state index in [1.807, 2.05) is 36.4 Å². The summed E-state index contributed by atoms with van der Waals surface area (Å²) < 4.78 is 10.8. The first-order chi connectivity index (χ1) is 17.2. The first-order valence-corrected chi connectivity index (χ1v) is 12.2. The Labute approximate surface area is 206 Å². The highest BCUT2D eigenvalue weighted by Gasteiger charge is 2.41. The molecule has 1 aromatic heterocycles. The van der Waals surface area contributed by atoms with Gasteiger partial charge in [0.05, 0.1) is 26.2 Å². The highest BCUT2D eigenvalue weighted by Crippen LogP contribution is 2.39. The van der Waals surface area contributed by atoms with Gasteiger partial charge in [0.2, 0.25) is 5.91 Å². The van der Waals surface area contributed by atoms with Gasteiger partial charge in [-0.1, -0.05) is 12.1 Å². The van der Waals surface area contributed by atoms with E-state index in [2.05, 4.69) is 44.4 Å². The number of hydrogen-bond donors (Lipinski definition) is 1. The first kappa shape index (κ1) is 23.0. The third-order valence-corrected chi connectivity index (χ3v) is 7.11. The molecular formula is C28H32N4O3. The lowest BCUT2D eigenvalue weighted by Crippen LogP contribution is -2.61. The Kier molecular flexibility index (Phi) is 6.75. The van der Waals surface area contributed by atoms with Gasteiger partial charge in [0, 0.05) is 61.9 Å². The van der Waals surface area contributed by atoms with Crippen LogP contribution in [0.3, 0.4) is 0 Å². The fourth-order valence-electron chi connectivity index (χ4n) is 5.22. The number of piperazine rings is 1. The standard InChI is InChI=1S/C28H32N4O3/c1-34-23-10-7-22(8-11-23)31-15-16-32-26-18-24(35-2)9-6-20(26)17-25(27(32)19-31)28(33)30-14-12-21-5-3-4-13-29-21/h3-11,13,18,25,27H,12,14-17,19H2,1-2H3,(H,30,33)/t25-,27+/m1/s1. The molecule has 0 bridgehead atoms. The molecule has 0 unspecified atom stereocenters. The monoisotopic (exact) mass is 472 g/mol. The lowest BCUT2D eigenvalue weighted by atomic mass is 9.83. The molecule has 2 aliphatic heterocycles. The quantitative estimate of drug-likeness (QED) is 0.569. The van der Waals surface area contributed by atoms with Crippen molar-refractivity contribution in [1.29, 1.82) is 0 Å². The van der Waals surface area contributed by atoms with Crippen molar-refractivity contribution in [2.75, 3.05) is 50.2 Å². The van der Waals surface area contributed by atoms with Crippen molar-refractivity contribution >= 4 is 17.3 Å². The SMILES string of the molecule is COc1ccc(N2CCN3c4cc(OC)ccc4C[C@@H](C(=O)NCCc4ccccn4)[C@@H]3C2)cc1. The van der Waals surface area contributed by atoms with Gasteiger partial charge in [-0.05, 0) is 54.4 Å². The molecule has 7 heteroatoms. The van der Waals surface area contributed by atoms with Crippen LogP contribution < -0.4 is 24.6 Å². The molecule has 35 heavy (non-hydrogen) atoms. The fourth-order valence-corrected chi connectivity index (χ4v) is 5.22. The smallest absolute Gasteiger partial charge is 0.225 e. The van der Waals surface area contributed by atoms with Crippen LogP contribution in [0.25, 0.3) is 0 Å². The summed E-state index contributed by atoms with van der Waals surface area (Å²) in [6.45, 7) is 3.08. The van der Waals surface area contributed by atoms with E-state index >= 15 is 0 Å². The van der Waals surface area contributed by atoms with Crippen LogP contribution in [-0.2, 0) is 17.6 Å². The lowest BCUT2D eigenvalue weighted by molar-refractivity contribution is -0.125. The summed E-state index contributed by atoms with van der Waals surface area (Å²) in [5.41, 5.74) is 4.51. The van der Waals surface area contributed by atoms with E-state index in [1.54, 1.807) is 20.4 Å². The van der Waals surface area contributed by atoms with Gasteiger partial charge in [-0.25, -0.2) is 0 Å². The van der Waals surface area contributed by atoms with Crippen molar-refractivity contribution in [3.05, 3.63) is 78.1 Å². The van der Waals surface area contributed by atoms with Crippen LogP contribution >= 0.6 is 0 Å². The molecule has 2 aromatic carbocycles. The predicted molar refractivity (Wildman–Crippen MR) is 137 cm³/mol. The van der Waals surface area contributed by atoms with Crippen LogP contribution in [0.15, 0.2) is 66.9 Å². The predicted octanol–water partition coefficient (Wildman–Crippen LogP) is 3.33. The minimum Gasteiger partial charge on any atom is -0.497 e. The Morgan fingerprint density at radius 2 is 1.83 bits per heavy atom. The molecule has 0 radical (unpaired) electrons. The number of nitrogens with zero attached hydrogens (tertiary/aromatic N) is 3. The van der Waals surface area contributed by atoms with Gasteiger partial charge in [0.1, 0.15) is 11.5 Å². The molecule has 3 aromatic rings. The molecule has 5 rings (SSSR count). The molecule has 1 saturated heterocycles. The van der Waals surface area contributed by atoms with E-state index in [9.17, 15) is 4.79 Å². The number of carbonyl (C=O) groups excluding carboxylic acids is 1. The molecule has 0 aliphatic carbocycles. The zero-order valence-corrected chi connectivity index (χ0v) is 20.3. The summed E-state index contributed by atoms with van der Waals surface area (Å²) in [4.78, 5) is 22.6. The van der Waals surface area contributed by atoms with Crippen LogP contribution in [0.1, 0.15) is 11.3 Å². The highest BCUT2D eigenvalue weighted by atomic mass is 16.5. The van der Waals surface area contributed by atoms with Gasteiger partial charge in [-0.3, -0.25) is 9.78 Å². The van der Waals surface area contributed by atoms with E-state index in [0.29, 0.717) is 13.0 Å². The average molecular weight is 473 g/mol. The summed E-state index contributed by atoms with van der Waals surface area (Å²) in [6, 6.07) is 20.3. The van der Waals surface area contributed by atoms with E-state index in [0.717, 1.165) is 48.9 Å². The molecule has 3 heterocycles. The molecule has 182 valence electrons. The fraction of sp³-hybridized carbons (Fsp3) is 0.357. The number of methoxy groups -OCH3 is 2. The van der Waals surface area contributed by atoms with Crippen LogP contribution in [-0.4, -0.2) is 57.3 Å². The summed E-state index contributed by atoms with van der Waals surface area (Å²) in [6.07, 6.45) is 3.23. The molecule has 0 saturated carbocycles. The Morgan fingerprint density at radius 3 is 2.57 bits per heavy atom. The number of carbonyl (C=O) groups is 1. The van der Waals surface area contributed by atoms with Gasteiger partial charge >= 0.3 is 0 Å². The van der Waals surface area contributed by atoms with E-state index in [1.165, 1.54) is 11.3 Å². The molecule has 1 amide bonds. The number of ether oxygens (including phenoxy) is 2. The number of nitrogens with one attached hydrogen (secondary N) is 1. The maximum Gasteiger partial charge on any atom is 0.225 e. The van der Waals surface area contributed by atoms with Gasteiger partial charge in [-0.2, -0.15) is 0 Å². The van der Waals surface area contributed by atoms with Crippen molar-refractivity contribution < 1.29 is 14.3 Å². The molecule has 2 atom stereocenters. The average Bonchev–Trinajstić information content (AvgIpc) is 2.92. The Bertz CT molecular complexity index is 1150. The van der Waals surface area contributed by atoms with E-state index < -0.39 is 0 Å². The number of fused-ring (bicyclic) bond motifs is 3. The van der Waals surface area contributed by atoms with Crippen molar-refractivity contribution in [1.82, 2.24) is 10.3 Å². The minimum absolute atomic E-state index is 0.0697. The second kappa shape index (κ2) is 10.3. The van der Waals surface area contributed by atoms with Crippen LogP contribution in [0.4, 0.5) is 11.4 Å². The first-order valence-electron chi connectivity index (χ1n) is 12.2. The molecule has 1 fully saturated rings. The maximum atomic E-state index is 13.5. The van der Waals surface area contributed by atoms with E-state index in [4.69, 9.17) is 9.47 Å². The largest absolute Gasteiger partial charge is 0.497 e. The molecular weight excluding hydrogens is 440 g/mol. The number of aromatic nitrogens is 1. The topological polar surface area (TPSA) is 66.9 Å². The molecule has 2 aliphatic rings. The number of pyridine rings is 1. The highest BCUT2D eigenvalue weighted by molar-refractivity contribution is 5.82. The summed E-state index contributed by atoms with van der Waals surface area (Å²) in [5, 5.41) is 3.19. The van der Waals surface area contributed by atoms with Crippen LogP contribution in [0.5, 0.6) is 11.5 Å². The minimum atomic E-state index is -0.138. The van der Waals surface area contributed by atoms with E-state index in [-0.39, 0.29) is 17.9 Å². The van der Waals surface area contributed by atoms with Crippen molar-refractivity contribution in [3.63, 3.8) is 0 Å². The third kappa shape index (κ3) is 4.90. The number of benzene rings is 2. The molecule has 0 spiro atoms. The Balaban J connectivity index is 1.36. The number of amides is 1. The maximum absolute atomic E-state index is 13.5. The molecule has 7 nitrogen and oxygen atoms in total. The Morgan fingerprint density at radius 1 is 1.03 bits per heavy atom. The normalized spacial score (nSPS) is 18.9. The summed E-state index contributed by atoms with van der Waals surface area (Å²) in [5.74, 6) is 1.66. The van der Waals surface area contributed by atoms with Gasteiger partial charge < -0.3 is 24.6 Å². The number of hydrogen-bond acceptors (Lipinski definition) is 6. The van der Waals surface area contributed by atoms with Crippen molar-refractivity contribution in [2.24, 2.45) is 5.92 Å². The van der Waals surface area contributed by atoms with Crippen LogP contribution in [0, 0.1) is 5.92 Å². The number of rotatable bonds is 7. The molecule has 1 N–H and O–H groups in total. The van der Waals surface area contributed by atoms with Gasteiger partial charge in [0.15, 0.2) is 0 Å². The van der Waals surface area contributed by atoms with Crippen molar-refractivity contribution in [2.45, 2.75) is 18.9 Å². The second-order valence-electron chi connectivity index (χ2n) is 9.07.